The molecule has 1 fully saturated rings. The molecule has 1 aliphatic rings. The van der Waals surface area contributed by atoms with Crippen molar-refractivity contribution in [1.29, 1.82) is 0 Å². The number of carbonyl (C=O) groups is 4. The number of hydrogen-bond donors (Lipinski definition) is 0. The van der Waals surface area contributed by atoms with Crippen LogP contribution in [0, 0.1) is 0 Å². The molecule has 12 nitrogen and oxygen atoms in total. The molecule has 32 heavy (non-hydrogen) atoms. The van der Waals surface area contributed by atoms with Gasteiger partial charge in [0.15, 0.2) is 12.2 Å². The van der Waals surface area contributed by atoms with Crippen LogP contribution in [0.25, 0.3) is 0 Å². The summed E-state index contributed by atoms with van der Waals surface area (Å²) in [6, 6.07) is 5.13. The van der Waals surface area contributed by atoms with Gasteiger partial charge in [-0.1, -0.05) is 11.2 Å². The number of hydrogen-bond acceptors (Lipinski definition) is 12. The van der Waals surface area contributed by atoms with Gasteiger partial charge < -0.3 is 28.5 Å². The molecule has 174 valence electrons. The molecule has 0 aliphatic carbocycles. The highest BCUT2D eigenvalue weighted by molar-refractivity contribution is 5.76. The fraction of sp³-hybridized carbons (Fsp3) is 0.500. The molecular weight excluding hydrogens is 428 g/mol. The first-order valence-corrected chi connectivity index (χ1v) is 9.58. The fourth-order valence-corrected chi connectivity index (χ4v) is 2.87. The summed E-state index contributed by atoms with van der Waals surface area (Å²) < 4.78 is 26.5. The molecule has 1 aromatic heterocycles. The maximum absolute atomic E-state index is 11.7. The van der Waals surface area contributed by atoms with Gasteiger partial charge in [0.25, 0.3) is 6.29 Å². The van der Waals surface area contributed by atoms with Crippen molar-refractivity contribution in [1.82, 2.24) is 4.98 Å². The molecule has 1 aromatic rings. The molecule has 0 radical (unpaired) electrons. The number of carbonyl (C=O) groups excluding carboxylic acids is 4. The van der Waals surface area contributed by atoms with Crippen molar-refractivity contribution in [2.24, 2.45) is 5.16 Å². The highest BCUT2D eigenvalue weighted by Gasteiger charge is 2.53. The Labute approximate surface area is 183 Å². The van der Waals surface area contributed by atoms with E-state index in [-0.39, 0.29) is 6.61 Å². The summed E-state index contributed by atoms with van der Waals surface area (Å²) in [7, 11) is 0. The fourth-order valence-electron chi connectivity index (χ4n) is 2.87. The minimum atomic E-state index is -1.39. The third-order valence-electron chi connectivity index (χ3n) is 3.99. The molecule has 0 saturated carbocycles. The lowest BCUT2D eigenvalue weighted by Gasteiger charge is -2.42. The Bertz CT molecular complexity index is 844. The summed E-state index contributed by atoms with van der Waals surface area (Å²) >= 11 is 0. The Morgan fingerprint density at radius 1 is 0.938 bits per heavy atom. The van der Waals surface area contributed by atoms with Crippen molar-refractivity contribution < 1.29 is 47.7 Å². The lowest BCUT2D eigenvalue weighted by Crippen LogP contribution is -2.62. The van der Waals surface area contributed by atoms with Gasteiger partial charge in [-0.15, -0.1) is 0 Å². The highest BCUT2D eigenvalue weighted by atomic mass is 16.8. The Kier molecular flexibility index (Phi) is 9.08. The second kappa shape index (κ2) is 11.7. The number of nitrogens with zero attached hydrogens (tertiary/aromatic N) is 2. The summed E-state index contributed by atoms with van der Waals surface area (Å²) in [4.78, 5) is 55.8. The average molecular weight is 452 g/mol. The van der Waals surface area contributed by atoms with E-state index in [4.69, 9.17) is 28.5 Å². The molecule has 5 atom stereocenters. The molecule has 0 spiro atoms. The van der Waals surface area contributed by atoms with Crippen molar-refractivity contribution >= 4 is 30.1 Å². The van der Waals surface area contributed by atoms with Gasteiger partial charge >= 0.3 is 23.9 Å². The average Bonchev–Trinajstić information content (AvgIpc) is 2.70. The maximum atomic E-state index is 11.7. The molecule has 0 bridgehead atoms. The van der Waals surface area contributed by atoms with Crippen molar-refractivity contribution in [3.63, 3.8) is 0 Å². The maximum Gasteiger partial charge on any atom is 0.303 e. The lowest BCUT2D eigenvalue weighted by atomic mass is 9.98. The Hall–Kier alpha value is -3.54. The van der Waals surface area contributed by atoms with Gasteiger partial charge in [-0.3, -0.25) is 24.2 Å². The first-order chi connectivity index (χ1) is 15.2. The standard InChI is InChI=1S/C20H24N2O10/c1-11(23)27-10-16-17(28-12(2)24)18(29-13(3)25)19(30-14(4)26)20(31-16)32-22-9-15-7-5-6-8-21-15/h5-9,16-20H,10H2,1-4H3/b22-9+/t16-,17+,18+,19-,20+/m1/s1. The van der Waals surface area contributed by atoms with E-state index in [2.05, 4.69) is 10.1 Å². The number of rotatable bonds is 8. The van der Waals surface area contributed by atoms with E-state index >= 15 is 0 Å². The zero-order chi connectivity index (χ0) is 23.7. The summed E-state index contributed by atoms with van der Waals surface area (Å²) in [6.07, 6.45) is -3.62. The number of pyridine rings is 1. The first kappa shape index (κ1) is 24.7. The topological polar surface area (TPSA) is 149 Å². The number of aromatic nitrogens is 1. The van der Waals surface area contributed by atoms with E-state index in [1.807, 2.05) is 0 Å². The molecule has 12 heteroatoms. The van der Waals surface area contributed by atoms with Crippen LogP contribution in [0.3, 0.4) is 0 Å². The second-order valence-corrected chi connectivity index (χ2v) is 6.66. The summed E-state index contributed by atoms with van der Waals surface area (Å²) in [5.74, 6) is -2.82. The van der Waals surface area contributed by atoms with Crippen LogP contribution in [0.4, 0.5) is 0 Å². The molecule has 0 aromatic carbocycles. The van der Waals surface area contributed by atoms with Gasteiger partial charge in [0.1, 0.15) is 12.7 Å². The Morgan fingerprint density at radius 2 is 1.56 bits per heavy atom. The van der Waals surface area contributed by atoms with Crippen LogP contribution >= 0.6 is 0 Å². The normalized spacial score (nSPS) is 24.9. The van der Waals surface area contributed by atoms with E-state index in [1.54, 1.807) is 24.4 Å². The molecule has 2 rings (SSSR count). The number of ether oxygens (including phenoxy) is 5. The van der Waals surface area contributed by atoms with E-state index in [9.17, 15) is 19.2 Å². The summed E-state index contributed by atoms with van der Waals surface area (Å²) in [5, 5.41) is 3.79. The summed E-state index contributed by atoms with van der Waals surface area (Å²) in [5.41, 5.74) is 0.470. The van der Waals surface area contributed by atoms with Gasteiger partial charge in [-0.2, -0.15) is 0 Å². The quantitative estimate of drug-likeness (QED) is 0.235. The third-order valence-corrected chi connectivity index (χ3v) is 3.99. The van der Waals surface area contributed by atoms with E-state index in [0.717, 1.165) is 20.8 Å². The van der Waals surface area contributed by atoms with Gasteiger partial charge in [-0.25, -0.2) is 0 Å². The van der Waals surface area contributed by atoms with Crippen LogP contribution in [-0.4, -0.2) is 72.4 Å². The van der Waals surface area contributed by atoms with Crippen LogP contribution < -0.4 is 0 Å². The van der Waals surface area contributed by atoms with Gasteiger partial charge in [-0.05, 0) is 12.1 Å². The highest BCUT2D eigenvalue weighted by Crippen LogP contribution is 2.30. The van der Waals surface area contributed by atoms with Crippen LogP contribution in [0.15, 0.2) is 29.6 Å². The molecule has 0 amide bonds. The van der Waals surface area contributed by atoms with Gasteiger partial charge in [0.05, 0.1) is 11.9 Å². The number of oxime groups is 1. The van der Waals surface area contributed by atoms with Crippen LogP contribution in [0.5, 0.6) is 0 Å². The minimum absolute atomic E-state index is 0.359. The molecule has 1 saturated heterocycles. The Balaban J connectivity index is 2.35. The second-order valence-electron chi connectivity index (χ2n) is 6.66. The summed E-state index contributed by atoms with van der Waals surface area (Å²) in [6.45, 7) is 4.21. The van der Waals surface area contributed by atoms with E-state index < -0.39 is 54.6 Å². The molecule has 1 aliphatic heterocycles. The zero-order valence-corrected chi connectivity index (χ0v) is 18.0. The monoisotopic (exact) mass is 452 g/mol. The molecule has 2 heterocycles. The minimum Gasteiger partial charge on any atom is -0.463 e. The Morgan fingerprint density at radius 3 is 2.12 bits per heavy atom. The lowest BCUT2D eigenvalue weighted by molar-refractivity contribution is -0.308. The van der Waals surface area contributed by atoms with E-state index in [1.165, 1.54) is 13.1 Å². The van der Waals surface area contributed by atoms with Crippen LogP contribution in [-0.2, 0) is 47.7 Å². The first-order valence-electron chi connectivity index (χ1n) is 9.58. The van der Waals surface area contributed by atoms with Crippen molar-refractivity contribution in [3.8, 4) is 0 Å². The van der Waals surface area contributed by atoms with Gasteiger partial charge in [0.2, 0.25) is 6.10 Å². The predicted molar refractivity (Wildman–Crippen MR) is 105 cm³/mol. The van der Waals surface area contributed by atoms with Crippen LogP contribution in [0.2, 0.25) is 0 Å². The molecule has 0 N–H and O–H groups in total. The van der Waals surface area contributed by atoms with Crippen molar-refractivity contribution in [2.45, 2.75) is 58.4 Å². The number of esters is 4. The SMILES string of the molecule is CC(=O)OC[C@H]1O[C@@H](O/N=C/c2ccccn2)[C@H](OC(C)=O)[C@@H](OC(C)=O)[C@H]1OC(C)=O. The van der Waals surface area contributed by atoms with Crippen molar-refractivity contribution in [2.75, 3.05) is 6.61 Å². The molecule has 0 unspecified atom stereocenters. The van der Waals surface area contributed by atoms with Crippen LogP contribution in [0.1, 0.15) is 33.4 Å². The predicted octanol–water partition coefficient (Wildman–Crippen LogP) is 0.515. The van der Waals surface area contributed by atoms with E-state index in [0.29, 0.717) is 5.69 Å². The molecular formula is C20H24N2O10. The zero-order valence-electron chi connectivity index (χ0n) is 18.0. The van der Waals surface area contributed by atoms with Gasteiger partial charge in [0, 0.05) is 33.9 Å². The largest absolute Gasteiger partial charge is 0.463 e. The third kappa shape index (κ3) is 7.61. The van der Waals surface area contributed by atoms with Crippen molar-refractivity contribution in [3.05, 3.63) is 30.1 Å². The smallest absolute Gasteiger partial charge is 0.303 e.